The topological polar surface area (TPSA) is 99.8 Å². The van der Waals surface area contributed by atoms with E-state index < -0.39 is 66.5 Å². The molecule has 1 N–H and O–H groups in total. The lowest BCUT2D eigenvalue weighted by atomic mass is 9.97. The second kappa shape index (κ2) is 9.42. The van der Waals surface area contributed by atoms with Gasteiger partial charge in [-0.1, -0.05) is 6.07 Å². The van der Waals surface area contributed by atoms with Crippen molar-refractivity contribution < 1.29 is 41.1 Å². The minimum atomic E-state index is -4.96. The van der Waals surface area contributed by atoms with Crippen LogP contribution >= 0.6 is 0 Å². The van der Waals surface area contributed by atoms with Crippen LogP contribution in [0.1, 0.15) is 47.5 Å². The number of carbonyl (C=O) groups excluding carboxylic acids is 1. The van der Waals surface area contributed by atoms with Gasteiger partial charge in [-0.2, -0.15) is 18.2 Å². The number of pyridine rings is 1. The number of carboxylic acids is 1. The van der Waals surface area contributed by atoms with E-state index in [0.717, 1.165) is 0 Å². The monoisotopic (exact) mass is 502 g/mol. The van der Waals surface area contributed by atoms with Crippen LogP contribution in [0.3, 0.4) is 0 Å². The van der Waals surface area contributed by atoms with E-state index in [9.17, 15) is 31.5 Å². The van der Waals surface area contributed by atoms with Crippen LogP contribution in [-0.4, -0.2) is 58.9 Å². The second-order valence-corrected chi connectivity index (χ2v) is 8.74. The number of anilines is 2. The SMILES string of the molecule is O=C(Cc1ccc(N2CCC(C(=O)O)CC2)nc1)c1oc(N2CCC(F)(F)CC2)nc1C(F)(F)F. The molecule has 0 aromatic carbocycles. The molecule has 2 aliphatic heterocycles. The molecule has 2 aliphatic rings. The maximum atomic E-state index is 13.5. The zero-order valence-corrected chi connectivity index (χ0v) is 18.5. The standard InChI is InChI=1S/C22H23F5N4O4/c23-21(24)5-9-31(10-6-21)20-29-18(22(25,26)27)17(35-20)15(32)11-13-1-2-16(28-12-13)30-7-3-14(4-8-30)19(33)34/h1-2,12,14H,3-11H2,(H,33,34). The van der Waals surface area contributed by atoms with Crippen molar-refractivity contribution >= 4 is 23.6 Å². The van der Waals surface area contributed by atoms with Gasteiger partial charge < -0.3 is 19.3 Å². The first-order valence-electron chi connectivity index (χ1n) is 11.1. The highest BCUT2D eigenvalue weighted by atomic mass is 19.4. The van der Waals surface area contributed by atoms with Crippen molar-refractivity contribution in [2.75, 3.05) is 36.0 Å². The average molecular weight is 502 g/mol. The third-order valence-corrected chi connectivity index (χ3v) is 6.25. The quantitative estimate of drug-likeness (QED) is 0.467. The number of halogens is 5. The molecule has 0 amide bonds. The maximum absolute atomic E-state index is 13.5. The highest BCUT2D eigenvalue weighted by Crippen LogP contribution is 2.36. The van der Waals surface area contributed by atoms with Gasteiger partial charge in [0.15, 0.2) is 5.69 Å². The molecule has 35 heavy (non-hydrogen) atoms. The van der Waals surface area contributed by atoms with E-state index in [2.05, 4.69) is 9.97 Å². The molecule has 2 aromatic rings. The number of piperidine rings is 2. The summed E-state index contributed by atoms with van der Waals surface area (Å²) in [4.78, 5) is 34.5. The fourth-order valence-corrected chi connectivity index (χ4v) is 4.18. The Morgan fingerprint density at radius 3 is 2.29 bits per heavy atom. The van der Waals surface area contributed by atoms with Gasteiger partial charge in [0, 0.05) is 51.6 Å². The largest absolute Gasteiger partial charge is 0.481 e. The number of Topliss-reactive ketones (excluding diaryl/α,β-unsaturated/α-hetero) is 1. The lowest BCUT2D eigenvalue weighted by Gasteiger charge is -2.31. The zero-order chi connectivity index (χ0) is 25.4. The number of carbonyl (C=O) groups is 2. The number of hydrogen-bond donors (Lipinski definition) is 1. The van der Waals surface area contributed by atoms with Crippen LogP contribution in [0.25, 0.3) is 0 Å². The van der Waals surface area contributed by atoms with Crippen LogP contribution in [-0.2, 0) is 17.4 Å². The third-order valence-electron chi connectivity index (χ3n) is 6.25. The van der Waals surface area contributed by atoms with Gasteiger partial charge >= 0.3 is 12.1 Å². The number of hydrogen-bond acceptors (Lipinski definition) is 7. The summed E-state index contributed by atoms with van der Waals surface area (Å²) in [5, 5.41) is 9.09. The molecule has 13 heteroatoms. The van der Waals surface area contributed by atoms with Gasteiger partial charge in [0.05, 0.1) is 5.92 Å². The van der Waals surface area contributed by atoms with Gasteiger partial charge in [0.25, 0.3) is 11.9 Å². The zero-order valence-electron chi connectivity index (χ0n) is 18.5. The number of rotatable bonds is 6. The number of ketones is 1. The fraction of sp³-hybridized carbons (Fsp3) is 0.545. The second-order valence-electron chi connectivity index (χ2n) is 8.74. The van der Waals surface area contributed by atoms with Crippen molar-refractivity contribution in [3.63, 3.8) is 0 Å². The summed E-state index contributed by atoms with van der Waals surface area (Å²) in [6, 6.07) is 2.67. The highest BCUT2D eigenvalue weighted by Gasteiger charge is 2.43. The van der Waals surface area contributed by atoms with Crippen LogP contribution in [0.2, 0.25) is 0 Å². The number of oxazole rings is 1. The number of alkyl halides is 5. The van der Waals surface area contributed by atoms with Gasteiger partial charge in [0.1, 0.15) is 5.82 Å². The van der Waals surface area contributed by atoms with E-state index in [1.807, 2.05) is 4.90 Å². The summed E-state index contributed by atoms with van der Waals surface area (Å²) < 4.78 is 72.5. The van der Waals surface area contributed by atoms with Gasteiger partial charge in [-0.3, -0.25) is 9.59 Å². The predicted octanol–water partition coefficient (Wildman–Crippen LogP) is 4.05. The number of carboxylic acid groups (broad SMARTS) is 1. The molecule has 0 radical (unpaired) electrons. The summed E-state index contributed by atoms with van der Waals surface area (Å²) in [5.41, 5.74) is -1.14. The Morgan fingerprint density at radius 1 is 1.09 bits per heavy atom. The van der Waals surface area contributed by atoms with Crippen LogP contribution in [0.15, 0.2) is 22.7 Å². The Labute approximate surface area is 196 Å². The van der Waals surface area contributed by atoms with E-state index in [-0.39, 0.29) is 13.1 Å². The molecule has 2 saturated heterocycles. The molecular formula is C22H23F5N4O4. The van der Waals surface area contributed by atoms with Gasteiger partial charge in [-0.15, -0.1) is 0 Å². The lowest BCUT2D eigenvalue weighted by molar-refractivity contribution is -0.142. The molecule has 2 fully saturated rings. The Balaban J connectivity index is 1.45. The molecule has 0 aliphatic carbocycles. The number of aromatic nitrogens is 2. The number of aliphatic carboxylic acids is 1. The minimum Gasteiger partial charge on any atom is -0.481 e. The number of nitrogens with zero attached hydrogens (tertiary/aromatic N) is 4. The van der Waals surface area contributed by atoms with Crippen molar-refractivity contribution in [2.45, 2.75) is 44.2 Å². The van der Waals surface area contributed by atoms with Crippen molar-refractivity contribution in [2.24, 2.45) is 5.92 Å². The maximum Gasteiger partial charge on any atom is 0.437 e. The van der Waals surface area contributed by atoms with E-state index in [0.29, 0.717) is 37.3 Å². The molecule has 190 valence electrons. The van der Waals surface area contributed by atoms with Gasteiger partial charge in [-0.05, 0) is 24.5 Å². The Kier molecular flexibility index (Phi) is 6.69. The molecule has 0 spiro atoms. The predicted molar refractivity (Wildman–Crippen MR) is 113 cm³/mol. The smallest absolute Gasteiger partial charge is 0.437 e. The van der Waals surface area contributed by atoms with Crippen molar-refractivity contribution in [1.29, 1.82) is 0 Å². The van der Waals surface area contributed by atoms with E-state index >= 15 is 0 Å². The molecule has 0 saturated carbocycles. The lowest BCUT2D eigenvalue weighted by Crippen LogP contribution is -2.39. The molecule has 0 atom stereocenters. The fourth-order valence-electron chi connectivity index (χ4n) is 4.18. The van der Waals surface area contributed by atoms with E-state index in [4.69, 9.17) is 9.52 Å². The van der Waals surface area contributed by atoms with Crippen LogP contribution in [0.4, 0.5) is 33.8 Å². The summed E-state index contributed by atoms with van der Waals surface area (Å²) in [6.45, 7) is 0.516. The van der Waals surface area contributed by atoms with Crippen LogP contribution in [0.5, 0.6) is 0 Å². The van der Waals surface area contributed by atoms with Crippen molar-refractivity contribution in [3.8, 4) is 0 Å². The van der Waals surface area contributed by atoms with E-state index in [1.54, 1.807) is 12.1 Å². The van der Waals surface area contributed by atoms with Crippen molar-refractivity contribution in [3.05, 3.63) is 35.3 Å². The molecule has 4 heterocycles. The van der Waals surface area contributed by atoms with Gasteiger partial charge in [-0.25, -0.2) is 13.8 Å². The summed E-state index contributed by atoms with van der Waals surface area (Å²) >= 11 is 0. The molecular weight excluding hydrogens is 479 g/mol. The first-order valence-corrected chi connectivity index (χ1v) is 11.1. The average Bonchev–Trinajstić information content (AvgIpc) is 3.26. The molecule has 2 aromatic heterocycles. The molecule has 4 rings (SSSR count). The van der Waals surface area contributed by atoms with Crippen LogP contribution < -0.4 is 9.80 Å². The Hall–Kier alpha value is -3.25. The van der Waals surface area contributed by atoms with Crippen LogP contribution in [0, 0.1) is 5.92 Å². The highest BCUT2D eigenvalue weighted by molar-refractivity contribution is 5.96. The summed E-state index contributed by atoms with van der Waals surface area (Å²) in [6.07, 6.45) is -4.17. The normalized spacial score (nSPS) is 19.1. The minimum absolute atomic E-state index is 0.243. The summed E-state index contributed by atoms with van der Waals surface area (Å²) in [5.74, 6) is -5.50. The first-order chi connectivity index (χ1) is 16.4. The summed E-state index contributed by atoms with van der Waals surface area (Å²) in [7, 11) is 0. The molecule has 8 nitrogen and oxygen atoms in total. The van der Waals surface area contributed by atoms with Crippen molar-refractivity contribution in [1.82, 2.24) is 9.97 Å². The third kappa shape index (κ3) is 5.70. The van der Waals surface area contributed by atoms with E-state index in [1.165, 1.54) is 11.1 Å². The molecule has 0 bridgehead atoms. The molecule has 0 unspecified atom stereocenters. The first kappa shape index (κ1) is 24.9. The van der Waals surface area contributed by atoms with Gasteiger partial charge in [0.2, 0.25) is 11.5 Å². The Morgan fingerprint density at radius 2 is 1.74 bits per heavy atom. The Bertz CT molecular complexity index is 1070.